The molecule has 9 heteroatoms. The van der Waals surface area contributed by atoms with Gasteiger partial charge in [0.05, 0.1) is 17.0 Å². The Kier molecular flexibility index (Phi) is 6.50. The molecule has 0 atom stereocenters. The van der Waals surface area contributed by atoms with Gasteiger partial charge in [0.1, 0.15) is 0 Å². The number of amides is 1. The molecule has 0 aliphatic rings. The monoisotopic (exact) mass is 449 g/mol. The van der Waals surface area contributed by atoms with Gasteiger partial charge >= 0.3 is 11.9 Å². The van der Waals surface area contributed by atoms with Crippen molar-refractivity contribution < 1.29 is 18.0 Å². The zero-order chi connectivity index (χ0) is 22.8. The summed E-state index contributed by atoms with van der Waals surface area (Å²) in [6.45, 7) is 3.76. The Morgan fingerprint density at radius 3 is 2.42 bits per heavy atom. The van der Waals surface area contributed by atoms with Gasteiger partial charge in [-0.3, -0.25) is 4.79 Å². The molecular formula is C22H19ClF3N3O2. The molecule has 0 bridgehead atoms. The average molecular weight is 450 g/mol. The SMILES string of the molecule is CC(C)C(=O)NCc1ccc(Cl)cc1-c1cc(-c2ccc(C(F)(F)F)cc2)nc(=O)[nH]1. The van der Waals surface area contributed by atoms with Gasteiger partial charge in [-0.2, -0.15) is 18.2 Å². The number of aromatic amines is 1. The normalized spacial score (nSPS) is 11.6. The summed E-state index contributed by atoms with van der Waals surface area (Å²) in [5.41, 5.74) is 0.777. The number of aromatic nitrogens is 2. The van der Waals surface area contributed by atoms with Gasteiger partial charge in [-0.1, -0.05) is 43.6 Å². The minimum atomic E-state index is -4.46. The number of nitrogens with zero attached hydrogens (tertiary/aromatic N) is 1. The maximum atomic E-state index is 12.8. The minimum Gasteiger partial charge on any atom is -0.352 e. The van der Waals surface area contributed by atoms with Crippen molar-refractivity contribution in [2.24, 2.45) is 5.92 Å². The first-order chi connectivity index (χ1) is 14.5. The number of alkyl halides is 3. The van der Waals surface area contributed by atoms with E-state index in [0.717, 1.165) is 12.1 Å². The lowest BCUT2D eigenvalue weighted by Gasteiger charge is -2.13. The van der Waals surface area contributed by atoms with Crippen LogP contribution in [-0.4, -0.2) is 15.9 Å². The first kappa shape index (κ1) is 22.6. The standard InChI is InChI=1S/C22H19ClF3N3O2/c1-12(2)20(30)27-11-14-5-8-16(23)9-17(14)19-10-18(28-21(31)29-19)13-3-6-15(7-4-13)22(24,25)26/h3-10,12H,11H2,1-2H3,(H,27,30)(H,28,29,31). The van der Waals surface area contributed by atoms with Crippen LogP contribution in [0.25, 0.3) is 22.5 Å². The second kappa shape index (κ2) is 8.93. The van der Waals surface area contributed by atoms with Gasteiger partial charge in [0, 0.05) is 28.6 Å². The number of benzene rings is 2. The van der Waals surface area contributed by atoms with E-state index in [4.69, 9.17) is 11.6 Å². The molecule has 3 rings (SSSR count). The van der Waals surface area contributed by atoms with E-state index in [1.807, 2.05) is 0 Å². The summed E-state index contributed by atoms with van der Waals surface area (Å²) in [4.78, 5) is 30.6. The number of halogens is 4. The topological polar surface area (TPSA) is 74.8 Å². The summed E-state index contributed by atoms with van der Waals surface area (Å²) in [6, 6.07) is 11.0. The number of carbonyl (C=O) groups excluding carboxylic acids is 1. The molecular weight excluding hydrogens is 431 g/mol. The lowest BCUT2D eigenvalue weighted by atomic mass is 10.0. The molecule has 5 nitrogen and oxygen atoms in total. The summed E-state index contributed by atoms with van der Waals surface area (Å²) in [6.07, 6.45) is -4.46. The van der Waals surface area contributed by atoms with Crippen molar-refractivity contribution in [1.29, 1.82) is 0 Å². The molecule has 0 unspecified atom stereocenters. The molecule has 162 valence electrons. The fourth-order valence-electron chi connectivity index (χ4n) is 2.92. The maximum absolute atomic E-state index is 12.8. The van der Waals surface area contributed by atoms with Crippen LogP contribution in [0.3, 0.4) is 0 Å². The van der Waals surface area contributed by atoms with Crippen LogP contribution in [0.5, 0.6) is 0 Å². The van der Waals surface area contributed by atoms with Crippen LogP contribution < -0.4 is 11.0 Å². The van der Waals surface area contributed by atoms with Crippen LogP contribution in [0.4, 0.5) is 13.2 Å². The van der Waals surface area contributed by atoms with Gasteiger partial charge in [-0.25, -0.2) is 4.79 Å². The van der Waals surface area contributed by atoms with Crippen molar-refractivity contribution in [2.45, 2.75) is 26.6 Å². The number of carbonyl (C=O) groups is 1. The van der Waals surface area contributed by atoms with Crippen molar-refractivity contribution in [2.75, 3.05) is 0 Å². The molecule has 3 aromatic rings. The van der Waals surface area contributed by atoms with Gasteiger partial charge in [-0.05, 0) is 35.9 Å². The molecule has 0 fully saturated rings. The van der Waals surface area contributed by atoms with Crippen LogP contribution in [0.15, 0.2) is 53.3 Å². The van der Waals surface area contributed by atoms with E-state index in [-0.39, 0.29) is 24.1 Å². The van der Waals surface area contributed by atoms with Crippen molar-refractivity contribution in [3.8, 4) is 22.5 Å². The van der Waals surface area contributed by atoms with Gasteiger partial charge in [0.25, 0.3) is 0 Å². The van der Waals surface area contributed by atoms with Gasteiger partial charge < -0.3 is 10.3 Å². The molecule has 0 saturated heterocycles. The number of rotatable bonds is 5. The molecule has 0 aliphatic heterocycles. The lowest BCUT2D eigenvalue weighted by Crippen LogP contribution is -2.27. The minimum absolute atomic E-state index is 0.130. The van der Waals surface area contributed by atoms with Gasteiger partial charge in [0.2, 0.25) is 5.91 Å². The molecule has 0 radical (unpaired) electrons. The summed E-state index contributed by atoms with van der Waals surface area (Å²) < 4.78 is 38.5. The highest BCUT2D eigenvalue weighted by Gasteiger charge is 2.30. The first-order valence-electron chi connectivity index (χ1n) is 9.40. The average Bonchev–Trinajstić information content (AvgIpc) is 2.71. The highest BCUT2D eigenvalue weighted by molar-refractivity contribution is 6.30. The van der Waals surface area contributed by atoms with Gasteiger partial charge in [-0.15, -0.1) is 0 Å². The van der Waals surface area contributed by atoms with Gasteiger partial charge in [0.15, 0.2) is 0 Å². The number of hydrogen-bond acceptors (Lipinski definition) is 3. The molecule has 2 N–H and O–H groups in total. The van der Waals surface area contributed by atoms with Crippen LogP contribution in [-0.2, 0) is 17.5 Å². The zero-order valence-corrected chi connectivity index (χ0v) is 17.4. The number of hydrogen-bond donors (Lipinski definition) is 2. The Hall–Kier alpha value is -3.13. The molecule has 0 spiro atoms. The van der Waals surface area contributed by atoms with Crippen molar-refractivity contribution in [1.82, 2.24) is 15.3 Å². The molecule has 0 aliphatic carbocycles. The highest BCUT2D eigenvalue weighted by atomic mass is 35.5. The van der Waals surface area contributed by atoms with Crippen molar-refractivity contribution in [3.05, 3.63) is 75.2 Å². The number of nitrogens with one attached hydrogen (secondary N) is 2. The van der Waals surface area contributed by atoms with E-state index in [1.165, 1.54) is 12.1 Å². The van der Waals surface area contributed by atoms with E-state index in [2.05, 4.69) is 15.3 Å². The maximum Gasteiger partial charge on any atom is 0.416 e. The highest BCUT2D eigenvalue weighted by Crippen LogP contribution is 2.31. The van der Waals surface area contributed by atoms with Crippen LogP contribution in [0.2, 0.25) is 5.02 Å². The zero-order valence-electron chi connectivity index (χ0n) is 16.7. The Balaban J connectivity index is 2.01. The quantitative estimate of drug-likeness (QED) is 0.572. The fourth-order valence-corrected chi connectivity index (χ4v) is 3.09. The molecule has 1 aromatic heterocycles. The van der Waals surface area contributed by atoms with E-state index < -0.39 is 17.4 Å². The second-order valence-corrected chi connectivity index (χ2v) is 7.67. The molecule has 0 saturated carbocycles. The smallest absolute Gasteiger partial charge is 0.352 e. The third-order valence-corrected chi connectivity index (χ3v) is 4.83. The summed E-state index contributed by atoms with van der Waals surface area (Å²) in [7, 11) is 0. The van der Waals surface area contributed by atoms with E-state index in [0.29, 0.717) is 27.4 Å². The van der Waals surface area contributed by atoms with Crippen LogP contribution >= 0.6 is 11.6 Å². The second-order valence-electron chi connectivity index (χ2n) is 7.23. The molecule has 1 amide bonds. The lowest BCUT2D eigenvalue weighted by molar-refractivity contribution is -0.137. The Bertz CT molecular complexity index is 1160. The Morgan fingerprint density at radius 1 is 1.13 bits per heavy atom. The van der Waals surface area contributed by atoms with Crippen LogP contribution in [0, 0.1) is 5.92 Å². The Labute approximate surface area is 181 Å². The predicted molar refractivity (Wildman–Crippen MR) is 112 cm³/mol. The Morgan fingerprint density at radius 2 is 1.81 bits per heavy atom. The number of H-pyrrole nitrogens is 1. The first-order valence-corrected chi connectivity index (χ1v) is 9.78. The predicted octanol–water partition coefficient (Wildman–Crippen LogP) is 5.05. The molecule has 2 aromatic carbocycles. The third kappa shape index (κ3) is 5.52. The molecule has 1 heterocycles. The van der Waals surface area contributed by atoms with E-state index in [1.54, 1.807) is 38.1 Å². The molecule has 31 heavy (non-hydrogen) atoms. The summed E-state index contributed by atoms with van der Waals surface area (Å²) in [5.74, 6) is -0.322. The summed E-state index contributed by atoms with van der Waals surface area (Å²) in [5, 5.41) is 3.23. The largest absolute Gasteiger partial charge is 0.416 e. The van der Waals surface area contributed by atoms with Crippen molar-refractivity contribution in [3.63, 3.8) is 0 Å². The third-order valence-electron chi connectivity index (χ3n) is 4.59. The van der Waals surface area contributed by atoms with E-state index in [9.17, 15) is 22.8 Å². The van der Waals surface area contributed by atoms with Crippen molar-refractivity contribution >= 4 is 17.5 Å². The fraction of sp³-hybridized carbons (Fsp3) is 0.227. The van der Waals surface area contributed by atoms with E-state index >= 15 is 0 Å². The summed E-state index contributed by atoms with van der Waals surface area (Å²) >= 11 is 6.14. The van der Waals surface area contributed by atoms with Crippen LogP contribution in [0.1, 0.15) is 25.0 Å².